The summed E-state index contributed by atoms with van der Waals surface area (Å²) in [5.74, 6) is 4.44. The molecule has 0 radical (unpaired) electrons. The Morgan fingerprint density at radius 1 is 1.02 bits per heavy atom. The predicted octanol–water partition coefficient (Wildman–Crippen LogP) is 3.51. The van der Waals surface area contributed by atoms with Crippen LogP contribution in [0, 0.1) is 75.4 Å². The molecule has 10 heteroatoms. The van der Waals surface area contributed by atoms with E-state index in [-0.39, 0.29) is 62.2 Å². The normalized spacial score (nSPS) is 50.9. The van der Waals surface area contributed by atoms with Gasteiger partial charge in [0.25, 0.3) is 0 Å². The van der Waals surface area contributed by atoms with Gasteiger partial charge in [-0.2, -0.15) is 0 Å². The number of esters is 1. The van der Waals surface area contributed by atoms with E-state index in [1.54, 1.807) is 6.08 Å². The molecule has 312 valence electrons. The van der Waals surface area contributed by atoms with E-state index in [4.69, 9.17) is 4.74 Å². The molecule has 9 aliphatic carbocycles. The molecule has 0 amide bonds. The summed E-state index contributed by atoms with van der Waals surface area (Å²) in [6, 6.07) is 5.55. The van der Waals surface area contributed by atoms with Gasteiger partial charge in [-0.05, 0) is 136 Å². The molecule has 0 unspecified atom stereocenters. The number of ether oxygens (including phenoxy) is 1. The smallest absolute Gasteiger partial charge is 0.331 e. The van der Waals surface area contributed by atoms with Gasteiger partial charge in [0.1, 0.15) is 18.0 Å². The highest BCUT2D eigenvalue weighted by molar-refractivity contribution is 5.87. The summed E-state index contributed by atoms with van der Waals surface area (Å²) in [7, 11) is 1.89. The van der Waals surface area contributed by atoms with Crippen LogP contribution in [0.5, 0.6) is 0 Å². The fourth-order valence-electron chi connectivity index (χ4n) is 16.8. The lowest BCUT2D eigenvalue weighted by Gasteiger charge is -2.72. The van der Waals surface area contributed by atoms with Crippen LogP contribution in [0.3, 0.4) is 0 Å². The quantitative estimate of drug-likeness (QED) is 0.103. The highest BCUT2D eigenvalue weighted by Crippen LogP contribution is 2.81. The van der Waals surface area contributed by atoms with Gasteiger partial charge in [0.15, 0.2) is 0 Å². The molecule has 6 fully saturated rings. The van der Waals surface area contributed by atoms with Gasteiger partial charge < -0.3 is 45.5 Å². The number of aliphatic hydroxyl groups excluding tert-OH is 3. The van der Waals surface area contributed by atoms with Crippen molar-refractivity contribution in [1.82, 2.24) is 5.32 Å². The molecule has 1 aliphatic heterocycles. The fourth-order valence-corrected chi connectivity index (χ4v) is 16.8. The topological polar surface area (TPSA) is 177 Å². The van der Waals surface area contributed by atoms with Crippen molar-refractivity contribution in [3.8, 4) is 11.8 Å². The van der Waals surface area contributed by atoms with Gasteiger partial charge in [-0.1, -0.05) is 43.0 Å². The average molecular weight is 796 g/mol. The zero-order valence-corrected chi connectivity index (χ0v) is 33.9. The van der Waals surface area contributed by atoms with E-state index in [0.717, 1.165) is 29.4 Å². The standard InChI is InChI=1S/C48H61NO9/c1-27-7-5-10-29-17-36-39(53)12-15-43(25-51)40-13-16-44-14-4-3-8-28-9-6-11-30(24-50)34(28)20-38(49-2)35-18-31(45(44,26-52)37-21-41(54)58-42(35)37)23-47(44,56)46(40,55)22-32(19-33(27)29)48(36,43)57/h5-6,9-11,21,25,27,29,31-33,35-36,38-40,42,49-50,52-53,55-57H,4,7,12-20,22-24,26H2,1-2H3/t27-,29-,31+,32-,33-,35+,36+,38-,39+,40-,42-,43+,44-,45-,46+,47-,48+/m1/s1. The predicted molar refractivity (Wildman–Crippen MR) is 213 cm³/mol. The number of likely N-dealkylation sites (N-methyl/N-ethyl adjacent to an activating group) is 1. The van der Waals surface area contributed by atoms with E-state index in [0.29, 0.717) is 69.3 Å². The molecule has 0 saturated heterocycles. The molecule has 11 rings (SSSR count). The number of carbonyl (C=O) groups is 2. The molecule has 10 nitrogen and oxygen atoms in total. The molecule has 1 aromatic rings. The van der Waals surface area contributed by atoms with Crippen LogP contribution in [-0.2, 0) is 27.4 Å². The summed E-state index contributed by atoms with van der Waals surface area (Å²) in [4.78, 5) is 27.7. The van der Waals surface area contributed by atoms with Gasteiger partial charge >= 0.3 is 5.97 Å². The first kappa shape index (κ1) is 39.3. The second kappa shape index (κ2) is 13.3. The van der Waals surface area contributed by atoms with Gasteiger partial charge in [0.2, 0.25) is 0 Å². The number of carbonyl (C=O) groups excluding carboxylic acids is 2. The van der Waals surface area contributed by atoms with Crippen molar-refractivity contribution in [2.24, 2.45) is 63.6 Å². The molecule has 1 heterocycles. The summed E-state index contributed by atoms with van der Waals surface area (Å²) in [5.41, 5.74) is -5.72. The van der Waals surface area contributed by atoms with E-state index in [2.05, 4.69) is 36.2 Å². The molecule has 0 aromatic heterocycles. The van der Waals surface area contributed by atoms with Crippen LogP contribution in [0.25, 0.3) is 0 Å². The third-order valence-electron chi connectivity index (χ3n) is 19.1. The monoisotopic (exact) mass is 795 g/mol. The second-order valence-corrected chi connectivity index (χ2v) is 20.4. The number of nitrogens with one attached hydrogen (secondary N) is 1. The first-order valence-corrected chi connectivity index (χ1v) is 22.2. The van der Waals surface area contributed by atoms with E-state index in [1.807, 2.05) is 25.2 Å². The molecule has 7 N–H and O–H groups in total. The van der Waals surface area contributed by atoms with Crippen LogP contribution in [-0.4, -0.2) is 91.6 Å². The van der Waals surface area contributed by atoms with Crippen molar-refractivity contribution in [1.29, 1.82) is 0 Å². The molecule has 10 aliphatic rings. The van der Waals surface area contributed by atoms with Crippen LogP contribution in [0.1, 0.15) is 101 Å². The van der Waals surface area contributed by atoms with Crippen LogP contribution < -0.4 is 5.32 Å². The van der Waals surface area contributed by atoms with Crippen molar-refractivity contribution in [3.63, 3.8) is 0 Å². The zero-order chi connectivity index (χ0) is 40.6. The van der Waals surface area contributed by atoms with E-state index in [9.17, 15) is 40.2 Å². The fraction of sp³-hybridized carbons (Fsp3) is 0.708. The molecule has 58 heavy (non-hydrogen) atoms. The number of aliphatic hydroxyl groups is 6. The highest BCUT2D eigenvalue weighted by atomic mass is 16.5. The first-order valence-electron chi connectivity index (χ1n) is 22.2. The van der Waals surface area contributed by atoms with Crippen LogP contribution in [0.4, 0.5) is 0 Å². The lowest BCUT2D eigenvalue weighted by atomic mass is 9.34. The lowest BCUT2D eigenvalue weighted by molar-refractivity contribution is -0.348. The van der Waals surface area contributed by atoms with Gasteiger partial charge in [0.05, 0.1) is 35.9 Å². The maximum absolute atomic E-state index is 14.2. The molecule has 6 saturated carbocycles. The van der Waals surface area contributed by atoms with Gasteiger partial charge in [-0.3, -0.25) is 0 Å². The van der Waals surface area contributed by atoms with Crippen molar-refractivity contribution in [3.05, 3.63) is 58.7 Å². The summed E-state index contributed by atoms with van der Waals surface area (Å²) in [6.07, 6.45) is 10.6. The molecule has 1 spiro atoms. The Balaban J connectivity index is 1.18. The summed E-state index contributed by atoms with van der Waals surface area (Å²) < 4.78 is 6.24. The van der Waals surface area contributed by atoms with Gasteiger partial charge in [-0.15, -0.1) is 0 Å². The van der Waals surface area contributed by atoms with Crippen molar-refractivity contribution in [2.45, 2.75) is 132 Å². The SMILES string of the molecule is CN[C@@H]1Cc2c(cccc2CO)C#CCC[C@]23CC[C@H]4[C@@](O)(C[C@H]5C[C@@H]6[C@H](C)CC=C[C@@H]6C[C@H]6[C@@H](O)CC[C@@]4(C=O)[C@]56O)[C@@]2(O)C[C@@H]2C[C@@H]1[C@H]1OC(=O)C=C1[C@@]23CO. The Morgan fingerprint density at radius 2 is 1.83 bits per heavy atom. The Hall–Kier alpha value is -2.88. The first-order chi connectivity index (χ1) is 27.8. The summed E-state index contributed by atoms with van der Waals surface area (Å²) in [5, 5.41) is 79.6. The largest absolute Gasteiger partial charge is 0.454 e. The van der Waals surface area contributed by atoms with Gasteiger partial charge in [-0.25, -0.2) is 4.79 Å². The highest BCUT2D eigenvalue weighted by Gasteiger charge is 2.86. The second-order valence-electron chi connectivity index (χ2n) is 20.4. The van der Waals surface area contributed by atoms with E-state index < -0.39 is 69.0 Å². The molecular formula is C48H61NO9. The van der Waals surface area contributed by atoms with Crippen LogP contribution in [0.2, 0.25) is 0 Å². The molecule has 4 bridgehead atoms. The number of benzene rings is 1. The molecular weight excluding hydrogens is 735 g/mol. The maximum atomic E-state index is 14.2. The van der Waals surface area contributed by atoms with Crippen molar-refractivity contribution in [2.75, 3.05) is 13.7 Å². The van der Waals surface area contributed by atoms with Crippen LogP contribution >= 0.6 is 0 Å². The maximum Gasteiger partial charge on any atom is 0.331 e. The Kier molecular flexibility index (Phi) is 9.01. The van der Waals surface area contributed by atoms with Crippen molar-refractivity contribution >= 4 is 12.3 Å². The van der Waals surface area contributed by atoms with Crippen molar-refractivity contribution < 1.29 is 45.0 Å². The number of fused-ring (bicyclic) bond motifs is 7. The molecule has 17 atom stereocenters. The Labute approximate surface area is 341 Å². The third kappa shape index (κ3) is 4.60. The minimum Gasteiger partial charge on any atom is -0.454 e. The number of rotatable bonds is 4. The van der Waals surface area contributed by atoms with Gasteiger partial charge in [0, 0.05) is 52.7 Å². The third-order valence-corrected chi connectivity index (χ3v) is 19.1. The number of allylic oxidation sites excluding steroid dienone is 2. The molecule has 1 aromatic carbocycles. The zero-order valence-electron chi connectivity index (χ0n) is 33.9. The lowest BCUT2D eigenvalue weighted by Crippen LogP contribution is -2.81. The van der Waals surface area contributed by atoms with E-state index >= 15 is 0 Å². The summed E-state index contributed by atoms with van der Waals surface area (Å²) in [6.45, 7) is 1.74. The number of aldehydes is 1. The van der Waals surface area contributed by atoms with E-state index in [1.165, 1.54) is 0 Å². The number of hydrogen-bond acceptors (Lipinski definition) is 10. The average Bonchev–Trinajstić information content (AvgIpc) is 3.67. The van der Waals surface area contributed by atoms with Crippen LogP contribution in [0.15, 0.2) is 42.0 Å². The minimum atomic E-state index is -1.84. The summed E-state index contributed by atoms with van der Waals surface area (Å²) >= 11 is 0. The Morgan fingerprint density at radius 3 is 2.59 bits per heavy atom. The Bertz CT molecular complexity index is 2020. The number of hydrogen-bond donors (Lipinski definition) is 7. The minimum absolute atomic E-state index is 0.0720.